The zero-order valence-corrected chi connectivity index (χ0v) is 12.0. The van der Waals surface area contributed by atoms with Gasteiger partial charge in [0.25, 0.3) is 0 Å². The SMILES string of the molecule is NC(Cc1csc2ccccc12)c1ccoc1Br. The highest BCUT2D eigenvalue weighted by atomic mass is 79.9. The van der Waals surface area contributed by atoms with Crippen LogP contribution in [-0.2, 0) is 6.42 Å². The van der Waals surface area contributed by atoms with Crippen LogP contribution in [0.25, 0.3) is 10.1 Å². The number of thiophene rings is 1. The van der Waals surface area contributed by atoms with Crippen molar-refractivity contribution in [3.63, 3.8) is 0 Å². The molecule has 0 radical (unpaired) electrons. The van der Waals surface area contributed by atoms with Gasteiger partial charge in [0.2, 0.25) is 0 Å². The summed E-state index contributed by atoms with van der Waals surface area (Å²) in [6.07, 6.45) is 2.48. The fourth-order valence-electron chi connectivity index (χ4n) is 2.11. The van der Waals surface area contributed by atoms with E-state index in [1.54, 1.807) is 17.6 Å². The lowest BCUT2D eigenvalue weighted by molar-refractivity contribution is 0.531. The molecule has 3 aromatic rings. The zero-order valence-electron chi connectivity index (χ0n) is 9.60. The fourth-order valence-corrected chi connectivity index (χ4v) is 3.62. The maximum Gasteiger partial charge on any atom is 0.173 e. The summed E-state index contributed by atoms with van der Waals surface area (Å²) in [5.41, 5.74) is 8.56. The van der Waals surface area contributed by atoms with E-state index in [-0.39, 0.29) is 6.04 Å². The minimum atomic E-state index is -0.0452. The van der Waals surface area contributed by atoms with Crippen LogP contribution in [0.2, 0.25) is 0 Å². The molecule has 0 saturated heterocycles. The molecule has 2 aromatic heterocycles. The third kappa shape index (κ3) is 2.11. The molecule has 0 spiro atoms. The third-order valence-corrected chi connectivity index (χ3v) is 4.70. The summed E-state index contributed by atoms with van der Waals surface area (Å²) in [5.74, 6) is 0. The van der Waals surface area contributed by atoms with Gasteiger partial charge in [0.1, 0.15) is 0 Å². The first-order valence-electron chi connectivity index (χ1n) is 5.69. The first-order valence-corrected chi connectivity index (χ1v) is 7.36. The molecule has 2 heterocycles. The van der Waals surface area contributed by atoms with E-state index in [1.807, 2.05) is 6.07 Å². The topological polar surface area (TPSA) is 39.2 Å². The van der Waals surface area contributed by atoms with Gasteiger partial charge < -0.3 is 10.2 Å². The minimum absolute atomic E-state index is 0.0452. The van der Waals surface area contributed by atoms with Crippen molar-refractivity contribution in [2.75, 3.05) is 0 Å². The predicted molar refractivity (Wildman–Crippen MR) is 78.9 cm³/mol. The highest BCUT2D eigenvalue weighted by Gasteiger charge is 2.14. The normalized spacial score (nSPS) is 13.0. The van der Waals surface area contributed by atoms with Gasteiger partial charge in [-0.25, -0.2) is 0 Å². The number of rotatable bonds is 3. The first kappa shape index (κ1) is 12.0. The summed E-state index contributed by atoms with van der Waals surface area (Å²) >= 11 is 5.14. The molecule has 0 aliphatic rings. The fraction of sp³-hybridized carbons (Fsp3) is 0.143. The standard InChI is InChI=1S/C14H12BrNOS/c15-14-11(5-6-17-14)12(16)7-9-8-18-13-4-2-1-3-10(9)13/h1-6,8,12H,7,16H2. The van der Waals surface area contributed by atoms with Crippen molar-refractivity contribution in [3.8, 4) is 0 Å². The summed E-state index contributed by atoms with van der Waals surface area (Å²) < 4.78 is 7.27. The van der Waals surface area contributed by atoms with Crippen LogP contribution in [0.4, 0.5) is 0 Å². The van der Waals surface area contributed by atoms with Crippen LogP contribution < -0.4 is 5.73 Å². The maximum absolute atomic E-state index is 6.24. The van der Waals surface area contributed by atoms with E-state index in [4.69, 9.17) is 10.2 Å². The number of nitrogens with two attached hydrogens (primary N) is 1. The molecule has 1 unspecified atom stereocenters. The third-order valence-electron chi connectivity index (χ3n) is 3.05. The highest BCUT2D eigenvalue weighted by Crippen LogP contribution is 2.31. The Labute approximate surface area is 118 Å². The van der Waals surface area contributed by atoms with E-state index >= 15 is 0 Å². The van der Waals surface area contributed by atoms with Crippen molar-refractivity contribution in [1.82, 2.24) is 0 Å². The molecule has 0 aliphatic heterocycles. The lowest BCUT2D eigenvalue weighted by Crippen LogP contribution is -2.12. The molecule has 0 amide bonds. The Bertz CT molecular complexity index is 673. The van der Waals surface area contributed by atoms with E-state index in [9.17, 15) is 0 Å². The minimum Gasteiger partial charge on any atom is -0.457 e. The summed E-state index contributed by atoms with van der Waals surface area (Å²) in [5, 5.41) is 3.50. The second-order valence-corrected chi connectivity index (χ2v) is 5.85. The number of fused-ring (bicyclic) bond motifs is 1. The molecule has 92 valence electrons. The summed E-state index contributed by atoms with van der Waals surface area (Å²) in [7, 11) is 0. The number of hydrogen-bond donors (Lipinski definition) is 1. The highest BCUT2D eigenvalue weighted by molar-refractivity contribution is 9.10. The van der Waals surface area contributed by atoms with Crippen molar-refractivity contribution in [2.45, 2.75) is 12.5 Å². The molecule has 0 fully saturated rings. The van der Waals surface area contributed by atoms with Crippen LogP contribution in [0.1, 0.15) is 17.2 Å². The van der Waals surface area contributed by atoms with Crippen molar-refractivity contribution in [2.24, 2.45) is 5.73 Å². The smallest absolute Gasteiger partial charge is 0.173 e. The molecular formula is C14H12BrNOS. The van der Waals surface area contributed by atoms with Gasteiger partial charge in [-0.2, -0.15) is 0 Å². The van der Waals surface area contributed by atoms with Gasteiger partial charge in [0.15, 0.2) is 4.67 Å². The van der Waals surface area contributed by atoms with E-state index in [1.165, 1.54) is 15.6 Å². The Morgan fingerprint density at radius 3 is 2.89 bits per heavy atom. The molecule has 0 saturated carbocycles. The molecule has 18 heavy (non-hydrogen) atoms. The maximum atomic E-state index is 6.24. The monoisotopic (exact) mass is 321 g/mol. The van der Waals surface area contributed by atoms with Crippen LogP contribution in [0, 0.1) is 0 Å². The largest absolute Gasteiger partial charge is 0.457 e. The first-order chi connectivity index (χ1) is 8.75. The quantitative estimate of drug-likeness (QED) is 0.771. The van der Waals surface area contributed by atoms with Gasteiger partial charge in [0, 0.05) is 16.3 Å². The van der Waals surface area contributed by atoms with Gasteiger partial charge in [-0.3, -0.25) is 0 Å². The van der Waals surface area contributed by atoms with Crippen LogP contribution >= 0.6 is 27.3 Å². The molecule has 0 aliphatic carbocycles. The lowest BCUT2D eigenvalue weighted by atomic mass is 10.0. The second kappa shape index (κ2) is 4.88. The Balaban J connectivity index is 1.91. The Hall–Kier alpha value is -1.10. The van der Waals surface area contributed by atoms with Gasteiger partial charge in [0.05, 0.1) is 6.26 Å². The number of halogens is 1. The Morgan fingerprint density at radius 1 is 1.28 bits per heavy atom. The van der Waals surface area contributed by atoms with Crippen molar-refractivity contribution in [1.29, 1.82) is 0 Å². The van der Waals surface area contributed by atoms with Crippen LogP contribution in [-0.4, -0.2) is 0 Å². The van der Waals surface area contributed by atoms with E-state index in [0.717, 1.165) is 16.7 Å². The summed E-state index contributed by atoms with van der Waals surface area (Å²) in [6, 6.07) is 10.3. The number of benzene rings is 1. The molecular weight excluding hydrogens is 310 g/mol. The molecule has 3 rings (SSSR count). The van der Waals surface area contributed by atoms with Crippen molar-refractivity contribution < 1.29 is 4.42 Å². The van der Waals surface area contributed by atoms with Crippen LogP contribution in [0.5, 0.6) is 0 Å². The number of furan rings is 1. The average Bonchev–Trinajstić information content (AvgIpc) is 2.97. The van der Waals surface area contributed by atoms with Gasteiger partial charge >= 0.3 is 0 Å². The second-order valence-electron chi connectivity index (χ2n) is 4.22. The Morgan fingerprint density at radius 2 is 2.11 bits per heavy atom. The lowest BCUT2D eigenvalue weighted by Gasteiger charge is -2.09. The van der Waals surface area contributed by atoms with Gasteiger partial charge in [-0.15, -0.1) is 11.3 Å². The summed E-state index contributed by atoms with van der Waals surface area (Å²) in [6.45, 7) is 0. The predicted octanol–water partition coefficient (Wildman–Crippen LogP) is 4.50. The number of hydrogen-bond acceptors (Lipinski definition) is 3. The summed E-state index contributed by atoms with van der Waals surface area (Å²) in [4.78, 5) is 0. The molecule has 1 atom stereocenters. The molecule has 4 heteroatoms. The van der Waals surface area contributed by atoms with Crippen LogP contribution in [0.15, 0.2) is 51.1 Å². The van der Waals surface area contributed by atoms with Crippen molar-refractivity contribution >= 4 is 37.4 Å². The van der Waals surface area contributed by atoms with Gasteiger partial charge in [-0.1, -0.05) is 18.2 Å². The molecule has 2 N–H and O–H groups in total. The van der Waals surface area contributed by atoms with E-state index < -0.39 is 0 Å². The van der Waals surface area contributed by atoms with Crippen molar-refractivity contribution in [3.05, 3.63) is 57.8 Å². The van der Waals surface area contributed by atoms with E-state index in [2.05, 4.69) is 45.6 Å². The van der Waals surface area contributed by atoms with Gasteiger partial charge in [-0.05, 0) is 50.8 Å². The van der Waals surface area contributed by atoms with Crippen LogP contribution in [0.3, 0.4) is 0 Å². The molecule has 2 nitrogen and oxygen atoms in total. The molecule has 0 bridgehead atoms. The van der Waals surface area contributed by atoms with E-state index in [0.29, 0.717) is 0 Å². The Kier molecular flexibility index (Phi) is 3.24. The zero-order chi connectivity index (χ0) is 12.5. The molecule has 1 aromatic carbocycles. The average molecular weight is 322 g/mol.